The normalized spacial score (nSPS) is 11.9. The molecule has 0 spiro atoms. The van der Waals surface area contributed by atoms with E-state index in [1.165, 1.54) is 6.20 Å². The molecule has 0 aromatic carbocycles. The van der Waals surface area contributed by atoms with Gasteiger partial charge >= 0.3 is 0 Å². The molecule has 0 unspecified atom stereocenters. The second kappa shape index (κ2) is 4.91. The summed E-state index contributed by atoms with van der Waals surface area (Å²) in [5.41, 5.74) is 1.03. The zero-order valence-corrected chi connectivity index (χ0v) is 7.90. The number of allylic oxidation sites excluding steroid dienone is 3. The van der Waals surface area contributed by atoms with Crippen LogP contribution in [0.15, 0.2) is 29.4 Å². The van der Waals surface area contributed by atoms with Crippen LogP contribution in [0.4, 0.5) is 0 Å². The van der Waals surface area contributed by atoms with Crippen LogP contribution in [0, 0.1) is 0 Å². The lowest BCUT2D eigenvalue weighted by molar-refractivity contribution is 0.111. The molecule has 0 atom stereocenters. The van der Waals surface area contributed by atoms with Crippen molar-refractivity contribution in [3.63, 3.8) is 0 Å². The Bertz CT molecular complexity index is 388. The highest BCUT2D eigenvalue weighted by molar-refractivity contribution is 5.73. The molecule has 0 bridgehead atoms. The number of aliphatic imine (C=N–C) groups is 1. The van der Waals surface area contributed by atoms with Gasteiger partial charge in [-0.2, -0.15) is 0 Å². The van der Waals surface area contributed by atoms with Gasteiger partial charge in [0.1, 0.15) is 5.70 Å². The summed E-state index contributed by atoms with van der Waals surface area (Å²) < 4.78 is 0. The molecular formula is C10H11N3O. The van der Waals surface area contributed by atoms with Gasteiger partial charge in [-0.1, -0.05) is 12.2 Å². The van der Waals surface area contributed by atoms with Crippen molar-refractivity contribution >= 4 is 18.7 Å². The molecule has 14 heavy (non-hydrogen) atoms. The molecule has 0 aliphatic carbocycles. The zero-order valence-electron chi connectivity index (χ0n) is 7.90. The first-order valence-corrected chi connectivity index (χ1v) is 4.12. The molecule has 0 aliphatic heterocycles. The molecule has 0 saturated carbocycles. The average Bonchev–Trinajstić information content (AvgIpc) is 2.68. The number of carbonyl (C=O) groups is 1. The molecule has 1 rings (SSSR count). The van der Waals surface area contributed by atoms with E-state index in [4.69, 9.17) is 0 Å². The summed E-state index contributed by atoms with van der Waals surface area (Å²) in [4.78, 5) is 21.0. The van der Waals surface area contributed by atoms with Crippen LogP contribution in [0.5, 0.6) is 0 Å². The van der Waals surface area contributed by atoms with E-state index in [0.29, 0.717) is 23.5 Å². The second-order valence-electron chi connectivity index (χ2n) is 2.54. The van der Waals surface area contributed by atoms with Gasteiger partial charge in [-0.25, -0.2) is 4.98 Å². The molecule has 4 heteroatoms. The molecule has 72 valence electrons. The van der Waals surface area contributed by atoms with Crippen molar-refractivity contribution in [2.45, 2.75) is 6.92 Å². The minimum Gasteiger partial charge on any atom is -0.334 e. The Balaban J connectivity index is 3.00. The summed E-state index contributed by atoms with van der Waals surface area (Å²) in [5.74, 6) is 0.542. The summed E-state index contributed by atoms with van der Waals surface area (Å²) in [6.45, 7) is 5.32. The highest BCUT2D eigenvalue weighted by Crippen LogP contribution is 2.10. The van der Waals surface area contributed by atoms with Crippen molar-refractivity contribution in [1.29, 1.82) is 0 Å². The fraction of sp³-hybridized carbons (Fsp3) is 0.100. The fourth-order valence-electron chi connectivity index (χ4n) is 0.919. The number of H-pyrrole nitrogens is 1. The second-order valence-corrected chi connectivity index (χ2v) is 2.54. The lowest BCUT2D eigenvalue weighted by Gasteiger charge is -1.93. The van der Waals surface area contributed by atoms with Crippen LogP contribution < -0.4 is 0 Å². The first kappa shape index (κ1) is 10.1. The zero-order chi connectivity index (χ0) is 10.4. The van der Waals surface area contributed by atoms with Crippen LogP contribution in [0.25, 0.3) is 5.70 Å². The number of hydrogen-bond donors (Lipinski definition) is 1. The smallest absolute Gasteiger partial charge is 0.167 e. The van der Waals surface area contributed by atoms with E-state index in [-0.39, 0.29) is 0 Å². The SMILES string of the molecule is C=N/C(=C\C=C/C)c1ncc(C=O)[nH]1. The highest BCUT2D eigenvalue weighted by atomic mass is 16.1. The average molecular weight is 189 g/mol. The maximum Gasteiger partial charge on any atom is 0.167 e. The van der Waals surface area contributed by atoms with Gasteiger partial charge in [0.2, 0.25) is 0 Å². The number of carbonyl (C=O) groups excluding carboxylic acids is 1. The van der Waals surface area contributed by atoms with E-state index in [9.17, 15) is 4.79 Å². The summed E-state index contributed by atoms with van der Waals surface area (Å²) in [7, 11) is 0. The monoisotopic (exact) mass is 189 g/mol. The highest BCUT2D eigenvalue weighted by Gasteiger charge is 2.02. The Morgan fingerprint density at radius 2 is 2.50 bits per heavy atom. The minimum atomic E-state index is 0.426. The van der Waals surface area contributed by atoms with Gasteiger partial charge in [0, 0.05) is 0 Å². The van der Waals surface area contributed by atoms with Crippen molar-refractivity contribution in [3.8, 4) is 0 Å². The van der Waals surface area contributed by atoms with E-state index in [1.807, 2.05) is 19.1 Å². The molecule has 0 radical (unpaired) electrons. The van der Waals surface area contributed by atoms with Crippen molar-refractivity contribution < 1.29 is 4.79 Å². The standard InChI is InChI=1S/C10H11N3O/c1-3-4-5-9(11-2)10-12-6-8(7-14)13-10/h3-7H,2H2,1H3,(H,12,13)/b4-3-,9-5-. The predicted octanol–water partition coefficient (Wildman–Crippen LogP) is 1.84. The summed E-state index contributed by atoms with van der Waals surface area (Å²) in [6, 6.07) is 0. The Labute approximate surface area is 82.1 Å². The number of aromatic amines is 1. The Kier molecular flexibility index (Phi) is 3.55. The van der Waals surface area contributed by atoms with Crippen LogP contribution in [0.2, 0.25) is 0 Å². The first-order chi connectivity index (χ1) is 6.81. The van der Waals surface area contributed by atoms with Crippen LogP contribution in [-0.2, 0) is 0 Å². The van der Waals surface area contributed by atoms with Gasteiger partial charge in [-0.05, 0) is 19.7 Å². The molecule has 1 N–H and O–H groups in total. The summed E-state index contributed by atoms with van der Waals surface area (Å²) in [5, 5.41) is 0. The van der Waals surface area contributed by atoms with Gasteiger partial charge in [-0.3, -0.25) is 9.79 Å². The third-order valence-electron chi connectivity index (χ3n) is 1.58. The van der Waals surface area contributed by atoms with Crippen molar-refractivity contribution in [1.82, 2.24) is 9.97 Å². The van der Waals surface area contributed by atoms with E-state index in [2.05, 4.69) is 21.7 Å². The number of nitrogens with one attached hydrogen (secondary N) is 1. The van der Waals surface area contributed by atoms with Gasteiger partial charge in [-0.15, -0.1) is 0 Å². The largest absolute Gasteiger partial charge is 0.334 e. The van der Waals surface area contributed by atoms with Crippen LogP contribution in [-0.4, -0.2) is 23.0 Å². The van der Waals surface area contributed by atoms with Gasteiger partial charge < -0.3 is 4.98 Å². The molecule has 1 aromatic rings. The van der Waals surface area contributed by atoms with Gasteiger partial charge in [0.05, 0.1) is 11.9 Å². The molecule has 4 nitrogen and oxygen atoms in total. The molecular weight excluding hydrogens is 178 g/mol. The lowest BCUT2D eigenvalue weighted by atomic mass is 10.3. The number of rotatable bonds is 4. The van der Waals surface area contributed by atoms with E-state index in [1.54, 1.807) is 6.08 Å². The van der Waals surface area contributed by atoms with Crippen LogP contribution >= 0.6 is 0 Å². The van der Waals surface area contributed by atoms with Crippen molar-refractivity contribution in [3.05, 3.63) is 35.9 Å². The molecule has 1 aromatic heterocycles. The van der Waals surface area contributed by atoms with Crippen LogP contribution in [0.3, 0.4) is 0 Å². The predicted molar refractivity (Wildman–Crippen MR) is 56.3 cm³/mol. The Morgan fingerprint density at radius 3 is 3.00 bits per heavy atom. The van der Waals surface area contributed by atoms with Gasteiger partial charge in [0.25, 0.3) is 0 Å². The van der Waals surface area contributed by atoms with E-state index >= 15 is 0 Å². The van der Waals surface area contributed by atoms with Crippen LogP contribution in [0.1, 0.15) is 23.2 Å². The van der Waals surface area contributed by atoms with Crippen molar-refractivity contribution in [2.75, 3.05) is 0 Å². The first-order valence-electron chi connectivity index (χ1n) is 4.12. The van der Waals surface area contributed by atoms with E-state index in [0.717, 1.165) is 0 Å². The molecule has 0 amide bonds. The quantitative estimate of drug-likeness (QED) is 0.446. The number of aldehydes is 1. The number of imidazole rings is 1. The topological polar surface area (TPSA) is 58.1 Å². The fourth-order valence-corrected chi connectivity index (χ4v) is 0.919. The number of aromatic nitrogens is 2. The lowest BCUT2D eigenvalue weighted by Crippen LogP contribution is -1.84. The number of nitrogens with zero attached hydrogens (tertiary/aromatic N) is 2. The third kappa shape index (κ3) is 2.26. The number of hydrogen-bond acceptors (Lipinski definition) is 3. The molecule has 1 heterocycles. The maximum absolute atomic E-state index is 10.4. The molecule has 0 fully saturated rings. The minimum absolute atomic E-state index is 0.426. The Morgan fingerprint density at radius 1 is 1.71 bits per heavy atom. The molecule has 0 aliphatic rings. The van der Waals surface area contributed by atoms with Crippen molar-refractivity contribution in [2.24, 2.45) is 4.99 Å². The van der Waals surface area contributed by atoms with E-state index < -0.39 is 0 Å². The summed E-state index contributed by atoms with van der Waals surface area (Å²) >= 11 is 0. The van der Waals surface area contributed by atoms with Gasteiger partial charge in [0.15, 0.2) is 12.1 Å². The molecule has 0 saturated heterocycles. The Hall–Kier alpha value is -1.97. The third-order valence-corrected chi connectivity index (χ3v) is 1.58. The maximum atomic E-state index is 10.4. The summed E-state index contributed by atoms with van der Waals surface area (Å²) in [6.07, 6.45) is 7.62.